The second-order valence-electron chi connectivity index (χ2n) is 2.26. The number of hydrogen-bond donors (Lipinski definition) is 0. The Bertz CT molecular complexity index is 81.0. The summed E-state index contributed by atoms with van der Waals surface area (Å²) in [4.78, 5) is 10.4. The molecule has 2 heteroatoms. The molecule has 1 nitrogen and oxygen atoms in total. The van der Waals surface area contributed by atoms with Crippen LogP contribution in [-0.4, -0.2) is 16.0 Å². The van der Waals surface area contributed by atoms with E-state index in [-0.39, 0.29) is 0 Å². The van der Waals surface area contributed by atoms with Gasteiger partial charge in [-0.05, 0) is 13.3 Å². The van der Waals surface area contributed by atoms with Crippen molar-refractivity contribution in [2.45, 2.75) is 38.7 Å². The van der Waals surface area contributed by atoms with Crippen LogP contribution in [0.15, 0.2) is 0 Å². The van der Waals surface area contributed by atoms with E-state index in [9.17, 15) is 4.79 Å². The third kappa shape index (κ3) is 7.89. The topological polar surface area (TPSA) is 17.1 Å². The molecule has 0 bridgehead atoms. The summed E-state index contributed by atoms with van der Waals surface area (Å²) in [5, 5.41) is 0. The van der Waals surface area contributed by atoms with E-state index in [1.807, 2.05) is 0 Å². The van der Waals surface area contributed by atoms with Gasteiger partial charge in [-0.15, -0.1) is 0 Å². The number of Topliss-reactive ketones (excluding diaryl/α,β-unsaturated/α-hetero) is 1. The minimum Gasteiger partial charge on any atom is -0.300 e. The Balaban J connectivity index is 2.83. The first kappa shape index (κ1) is 8.89. The molecule has 3 radical (unpaired) electrons. The molecule has 0 rings (SSSR count). The van der Waals surface area contributed by atoms with Crippen LogP contribution in [0.2, 0.25) is 6.04 Å². The third-order valence-electron chi connectivity index (χ3n) is 1.21. The SMILES string of the molecule is CC(=O)CCCCC[Si]. The highest BCUT2D eigenvalue weighted by Gasteiger charge is 1.91. The van der Waals surface area contributed by atoms with E-state index in [0.29, 0.717) is 5.78 Å². The van der Waals surface area contributed by atoms with Crippen molar-refractivity contribution in [3.63, 3.8) is 0 Å². The number of ketones is 1. The van der Waals surface area contributed by atoms with Crippen LogP contribution in [-0.2, 0) is 4.79 Å². The van der Waals surface area contributed by atoms with Crippen LogP contribution >= 0.6 is 0 Å². The minimum absolute atomic E-state index is 0.309. The van der Waals surface area contributed by atoms with E-state index in [2.05, 4.69) is 10.2 Å². The Morgan fingerprint density at radius 1 is 1.33 bits per heavy atom. The summed E-state index contributed by atoms with van der Waals surface area (Å²) in [6, 6.07) is 1.05. The zero-order valence-corrected chi connectivity index (χ0v) is 6.94. The van der Waals surface area contributed by atoms with Crippen molar-refractivity contribution in [3.05, 3.63) is 0 Å². The Kier molecular flexibility index (Phi) is 5.94. The molecule has 0 unspecified atom stereocenters. The molecule has 0 amide bonds. The fourth-order valence-corrected chi connectivity index (χ4v) is 0.926. The molecule has 0 aromatic carbocycles. The summed E-state index contributed by atoms with van der Waals surface area (Å²) in [5.74, 6) is 0.309. The molecule has 51 valence electrons. The summed E-state index contributed by atoms with van der Waals surface area (Å²) >= 11 is 0. The van der Waals surface area contributed by atoms with Crippen molar-refractivity contribution in [2.75, 3.05) is 0 Å². The van der Waals surface area contributed by atoms with Gasteiger partial charge in [-0.2, -0.15) is 0 Å². The molecule has 0 spiro atoms. The van der Waals surface area contributed by atoms with Crippen LogP contribution < -0.4 is 0 Å². The van der Waals surface area contributed by atoms with E-state index < -0.39 is 0 Å². The van der Waals surface area contributed by atoms with Crippen LogP contribution in [0.4, 0.5) is 0 Å². The van der Waals surface area contributed by atoms with E-state index in [0.717, 1.165) is 18.9 Å². The summed E-state index contributed by atoms with van der Waals surface area (Å²) in [6.45, 7) is 1.65. The predicted molar refractivity (Wildman–Crippen MR) is 39.7 cm³/mol. The lowest BCUT2D eigenvalue weighted by atomic mass is 10.2. The lowest BCUT2D eigenvalue weighted by Gasteiger charge is -1.93. The molecule has 0 N–H and O–H groups in total. The van der Waals surface area contributed by atoms with Crippen molar-refractivity contribution in [1.82, 2.24) is 0 Å². The zero-order valence-electron chi connectivity index (χ0n) is 5.94. The van der Waals surface area contributed by atoms with Gasteiger partial charge in [0, 0.05) is 16.7 Å². The summed E-state index contributed by atoms with van der Waals surface area (Å²) in [7, 11) is 3.37. The van der Waals surface area contributed by atoms with Crippen LogP contribution in [0, 0.1) is 0 Å². The molecule has 0 saturated heterocycles. The molecule has 0 saturated carbocycles. The number of carbonyl (C=O) groups excluding carboxylic acids is 1. The van der Waals surface area contributed by atoms with Gasteiger partial charge >= 0.3 is 0 Å². The standard InChI is InChI=1S/C7H13OSi/c1-7(8)5-3-2-4-6-9/h2-6H2,1H3. The predicted octanol–water partition coefficient (Wildman–Crippen LogP) is 1.72. The molecule has 0 aromatic rings. The molecule has 0 aromatic heterocycles. The monoisotopic (exact) mass is 141 g/mol. The number of carbonyl (C=O) groups is 1. The Labute approximate surface area is 60.3 Å². The Morgan fingerprint density at radius 3 is 2.44 bits per heavy atom. The number of rotatable bonds is 5. The highest BCUT2D eigenvalue weighted by Crippen LogP contribution is 2.01. The van der Waals surface area contributed by atoms with Gasteiger partial charge in [-0.3, -0.25) is 0 Å². The first-order valence-electron chi connectivity index (χ1n) is 3.41. The second kappa shape index (κ2) is 6.01. The zero-order chi connectivity index (χ0) is 7.11. The van der Waals surface area contributed by atoms with Gasteiger partial charge < -0.3 is 4.79 Å². The van der Waals surface area contributed by atoms with Crippen molar-refractivity contribution in [2.24, 2.45) is 0 Å². The highest BCUT2D eigenvalue weighted by molar-refractivity contribution is 6.08. The van der Waals surface area contributed by atoms with Crippen LogP contribution in [0.25, 0.3) is 0 Å². The lowest BCUT2D eigenvalue weighted by Crippen LogP contribution is -1.88. The van der Waals surface area contributed by atoms with Gasteiger partial charge in [0.2, 0.25) is 0 Å². The van der Waals surface area contributed by atoms with E-state index in [4.69, 9.17) is 0 Å². The van der Waals surface area contributed by atoms with Crippen LogP contribution in [0.3, 0.4) is 0 Å². The molecule has 0 atom stereocenters. The normalized spacial score (nSPS) is 9.56. The van der Waals surface area contributed by atoms with Crippen LogP contribution in [0.5, 0.6) is 0 Å². The van der Waals surface area contributed by atoms with E-state index >= 15 is 0 Å². The summed E-state index contributed by atoms with van der Waals surface area (Å²) in [5.41, 5.74) is 0. The number of hydrogen-bond acceptors (Lipinski definition) is 1. The average molecular weight is 141 g/mol. The highest BCUT2D eigenvalue weighted by atomic mass is 28.1. The Hall–Kier alpha value is -0.113. The summed E-state index contributed by atoms with van der Waals surface area (Å²) < 4.78 is 0. The molecular formula is C7H13OSi. The molecule has 9 heavy (non-hydrogen) atoms. The fourth-order valence-electron chi connectivity index (χ4n) is 0.676. The van der Waals surface area contributed by atoms with Gasteiger partial charge in [0.1, 0.15) is 5.78 Å². The van der Waals surface area contributed by atoms with Gasteiger partial charge in [0.15, 0.2) is 0 Å². The van der Waals surface area contributed by atoms with Crippen LogP contribution in [0.1, 0.15) is 32.6 Å². The molecule has 0 aliphatic carbocycles. The van der Waals surface area contributed by atoms with Crippen molar-refractivity contribution >= 4 is 16.0 Å². The van der Waals surface area contributed by atoms with E-state index in [1.54, 1.807) is 6.92 Å². The molecule has 0 heterocycles. The van der Waals surface area contributed by atoms with Gasteiger partial charge in [-0.25, -0.2) is 0 Å². The van der Waals surface area contributed by atoms with Gasteiger partial charge in [0.25, 0.3) is 0 Å². The smallest absolute Gasteiger partial charge is 0.129 e. The third-order valence-corrected chi connectivity index (χ3v) is 1.56. The van der Waals surface area contributed by atoms with Gasteiger partial charge in [-0.1, -0.05) is 18.9 Å². The van der Waals surface area contributed by atoms with Gasteiger partial charge in [0.05, 0.1) is 0 Å². The maximum atomic E-state index is 10.4. The Morgan fingerprint density at radius 2 is 2.00 bits per heavy atom. The molecule has 0 aliphatic rings. The maximum absolute atomic E-state index is 10.4. The first-order valence-corrected chi connectivity index (χ1v) is 4.12. The lowest BCUT2D eigenvalue weighted by molar-refractivity contribution is -0.117. The quantitative estimate of drug-likeness (QED) is 0.421. The molecular weight excluding hydrogens is 128 g/mol. The largest absolute Gasteiger partial charge is 0.300 e. The van der Waals surface area contributed by atoms with E-state index in [1.165, 1.54) is 12.8 Å². The maximum Gasteiger partial charge on any atom is 0.129 e. The minimum atomic E-state index is 0.309. The van der Waals surface area contributed by atoms with Crippen molar-refractivity contribution in [1.29, 1.82) is 0 Å². The fraction of sp³-hybridized carbons (Fsp3) is 0.857. The number of unbranched alkanes of at least 4 members (excludes halogenated alkanes) is 2. The second-order valence-corrected chi connectivity index (χ2v) is 2.76. The summed E-state index contributed by atoms with van der Waals surface area (Å²) in [6.07, 6.45) is 4.17. The van der Waals surface area contributed by atoms with Crippen molar-refractivity contribution < 1.29 is 4.79 Å². The first-order chi connectivity index (χ1) is 4.27. The average Bonchev–Trinajstić information content (AvgIpc) is 1.80. The van der Waals surface area contributed by atoms with Crippen molar-refractivity contribution in [3.8, 4) is 0 Å². The molecule has 0 aliphatic heterocycles. The molecule has 0 fully saturated rings.